The van der Waals surface area contributed by atoms with E-state index in [1.54, 1.807) is 11.0 Å². The molecule has 0 aliphatic rings. The summed E-state index contributed by atoms with van der Waals surface area (Å²) in [6, 6.07) is 8.44. The summed E-state index contributed by atoms with van der Waals surface area (Å²) in [5.74, 6) is 1.62. The van der Waals surface area contributed by atoms with Crippen molar-refractivity contribution in [3.05, 3.63) is 46.5 Å². The number of guanidine groups is 1. The first kappa shape index (κ1) is 18.4. The van der Waals surface area contributed by atoms with Crippen LogP contribution in [0.2, 0.25) is 0 Å². The minimum Gasteiger partial charge on any atom is -0.357 e. The third kappa shape index (κ3) is 5.06. The van der Waals surface area contributed by atoms with E-state index in [-0.39, 0.29) is 5.41 Å². The highest BCUT2D eigenvalue weighted by Crippen LogP contribution is 2.23. The summed E-state index contributed by atoms with van der Waals surface area (Å²) in [4.78, 5) is 8.79. The second kappa shape index (κ2) is 8.28. The van der Waals surface area contributed by atoms with Crippen LogP contribution < -0.4 is 10.6 Å². The standard InChI is InChI=1S/C17H25BrN6/c1-5-19-16(20-10-15-22-12-23-24(15)4)21-11-17(2,3)13-6-8-14(18)9-7-13/h6-9,12H,5,10-11H2,1-4H3,(H2,19,20,21). The van der Waals surface area contributed by atoms with Crippen LogP contribution in [0.25, 0.3) is 0 Å². The van der Waals surface area contributed by atoms with Gasteiger partial charge in [0.25, 0.3) is 0 Å². The van der Waals surface area contributed by atoms with Gasteiger partial charge >= 0.3 is 0 Å². The number of halogens is 1. The zero-order valence-electron chi connectivity index (χ0n) is 14.7. The van der Waals surface area contributed by atoms with Crippen molar-refractivity contribution >= 4 is 21.9 Å². The topological polar surface area (TPSA) is 67.1 Å². The summed E-state index contributed by atoms with van der Waals surface area (Å²) in [6.45, 7) is 8.57. The summed E-state index contributed by atoms with van der Waals surface area (Å²) < 4.78 is 2.83. The fraction of sp³-hybridized carbons (Fsp3) is 0.471. The molecule has 0 aliphatic carbocycles. The van der Waals surface area contributed by atoms with Crippen LogP contribution in [-0.4, -0.2) is 33.8 Å². The number of rotatable bonds is 6. The predicted molar refractivity (Wildman–Crippen MR) is 101 cm³/mol. The Balaban J connectivity index is 2.02. The van der Waals surface area contributed by atoms with Crippen molar-refractivity contribution in [2.75, 3.05) is 13.1 Å². The lowest BCUT2D eigenvalue weighted by Gasteiger charge is -2.27. The molecule has 0 radical (unpaired) electrons. The zero-order valence-corrected chi connectivity index (χ0v) is 16.3. The summed E-state index contributed by atoms with van der Waals surface area (Å²) in [7, 11) is 1.87. The average Bonchev–Trinajstić information content (AvgIpc) is 2.96. The second-order valence-electron chi connectivity index (χ2n) is 6.24. The molecule has 1 aromatic carbocycles. The van der Waals surface area contributed by atoms with Gasteiger partial charge in [0.05, 0.1) is 0 Å². The van der Waals surface area contributed by atoms with E-state index in [1.807, 2.05) is 7.05 Å². The van der Waals surface area contributed by atoms with Crippen molar-refractivity contribution in [2.45, 2.75) is 32.7 Å². The van der Waals surface area contributed by atoms with Crippen molar-refractivity contribution in [3.8, 4) is 0 Å². The van der Waals surface area contributed by atoms with E-state index in [0.29, 0.717) is 6.54 Å². The monoisotopic (exact) mass is 392 g/mol. The van der Waals surface area contributed by atoms with Crippen LogP contribution >= 0.6 is 15.9 Å². The number of hydrogen-bond acceptors (Lipinski definition) is 3. The Morgan fingerprint density at radius 1 is 1.25 bits per heavy atom. The van der Waals surface area contributed by atoms with Gasteiger partial charge in [-0.1, -0.05) is 41.9 Å². The molecule has 2 aromatic rings. The van der Waals surface area contributed by atoms with Gasteiger partial charge in [0.2, 0.25) is 0 Å². The van der Waals surface area contributed by atoms with Gasteiger partial charge in [0, 0.05) is 30.0 Å². The smallest absolute Gasteiger partial charge is 0.191 e. The highest BCUT2D eigenvalue weighted by atomic mass is 79.9. The Kier molecular flexibility index (Phi) is 6.36. The maximum Gasteiger partial charge on any atom is 0.191 e. The predicted octanol–water partition coefficient (Wildman–Crippen LogP) is 2.61. The molecule has 0 unspecified atom stereocenters. The Hall–Kier alpha value is -1.89. The first-order chi connectivity index (χ1) is 11.4. The lowest BCUT2D eigenvalue weighted by Crippen LogP contribution is -2.43. The van der Waals surface area contributed by atoms with Crippen molar-refractivity contribution < 1.29 is 0 Å². The molecule has 130 valence electrons. The van der Waals surface area contributed by atoms with Gasteiger partial charge in [-0.05, 0) is 24.6 Å². The van der Waals surface area contributed by atoms with Crippen LogP contribution in [-0.2, 0) is 19.0 Å². The molecular weight excluding hydrogens is 368 g/mol. The molecule has 0 fully saturated rings. The first-order valence-electron chi connectivity index (χ1n) is 8.03. The summed E-state index contributed by atoms with van der Waals surface area (Å²) in [6.07, 6.45) is 1.54. The molecule has 0 saturated carbocycles. The van der Waals surface area contributed by atoms with Crippen LogP contribution in [0.1, 0.15) is 32.2 Å². The SMILES string of the molecule is CCNC(=NCc1ncnn1C)NCC(C)(C)c1ccc(Br)cc1. The van der Waals surface area contributed by atoms with Gasteiger partial charge in [0.15, 0.2) is 5.96 Å². The lowest BCUT2D eigenvalue weighted by atomic mass is 9.85. The van der Waals surface area contributed by atoms with Crippen LogP contribution in [0.15, 0.2) is 40.1 Å². The van der Waals surface area contributed by atoms with Crippen LogP contribution in [0.3, 0.4) is 0 Å². The number of hydrogen-bond donors (Lipinski definition) is 2. The normalized spacial score (nSPS) is 12.3. The molecule has 2 rings (SSSR count). The van der Waals surface area contributed by atoms with Crippen molar-refractivity contribution in [1.29, 1.82) is 0 Å². The summed E-state index contributed by atoms with van der Waals surface area (Å²) >= 11 is 3.48. The van der Waals surface area contributed by atoms with Gasteiger partial charge in [-0.15, -0.1) is 0 Å². The van der Waals surface area contributed by atoms with Crippen LogP contribution in [0, 0.1) is 0 Å². The van der Waals surface area contributed by atoms with E-state index in [4.69, 9.17) is 0 Å². The fourth-order valence-corrected chi connectivity index (χ4v) is 2.53. The largest absolute Gasteiger partial charge is 0.357 e. The molecule has 1 heterocycles. The quantitative estimate of drug-likeness (QED) is 0.585. The van der Waals surface area contributed by atoms with E-state index < -0.39 is 0 Å². The molecule has 24 heavy (non-hydrogen) atoms. The highest BCUT2D eigenvalue weighted by molar-refractivity contribution is 9.10. The number of aliphatic imine (C=N–C) groups is 1. The molecule has 0 amide bonds. The Bertz CT molecular complexity index is 675. The second-order valence-corrected chi connectivity index (χ2v) is 7.16. The molecule has 0 spiro atoms. The summed E-state index contributed by atoms with van der Waals surface area (Å²) in [5.41, 5.74) is 1.27. The van der Waals surface area contributed by atoms with Gasteiger partial charge in [-0.25, -0.2) is 9.98 Å². The number of nitrogens with one attached hydrogen (secondary N) is 2. The minimum absolute atomic E-state index is 0.0122. The number of aromatic nitrogens is 3. The molecule has 2 N–H and O–H groups in total. The van der Waals surface area contributed by atoms with Gasteiger partial charge < -0.3 is 10.6 Å². The zero-order chi connectivity index (χ0) is 17.6. The molecule has 7 heteroatoms. The lowest BCUT2D eigenvalue weighted by molar-refractivity contribution is 0.508. The average molecular weight is 393 g/mol. The molecular formula is C17H25BrN6. The fourth-order valence-electron chi connectivity index (χ4n) is 2.26. The summed E-state index contributed by atoms with van der Waals surface area (Å²) in [5, 5.41) is 10.8. The molecule has 6 nitrogen and oxygen atoms in total. The van der Waals surface area contributed by atoms with Crippen molar-refractivity contribution in [1.82, 2.24) is 25.4 Å². The Labute approximate surface area is 151 Å². The maximum absolute atomic E-state index is 4.59. The van der Waals surface area contributed by atoms with Gasteiger partial charge in [0.1, 0.15) is 18.7 Å². The van der Waals surface area contributed by atoms with E-state index in [9.17, 15) is 0 Å². The Morgan fingerprint density at radius 2 is 1.96 bits per heavy atom. The van der Waals surface area contributed by atoms with E-state index in [0.717, 1.165) is 29.3 Å². The van der Waals surface area contributed by atoms with Crippen molar-refractivity contribution in [2.24, 2.45) is 12.0 Å². The van der Waals surface area contributed by atoms with Crippen molar-refractivity contribution in [3.63, 3.8) is 0 Å². The van der Waals surface area contributed by atoms with Gasteiger partial charge in [-0.2, -0.15) is 5.10 Å². The molecule has 0 bridgehead atoms. The molecule has 0 atom stereocenters. The van der Waals surface area contributed by atoms with E-state index in [1.165, 1.54) is 5.56 Å². The number of benzene rings is 1. The molecule has 1 aromatic heterocycles. The Morgan fingerprint density at radius 3 is 2.54 bits per heavy atom. The van der Waals surface area contributed by atoms with Crippen LogP contribution in [0.5, 0.6) is 0 Å². The number of nitrogens with zero attached hydrogens (tertiary/aromatic N) is 4. The maximum atomic E-state index is 4.59. The molecule has 0 saturated heterocycles. The number of aryl methyl sites for hydroxylation is 1. The molecule has 0 aliphatic heterocycles. The third-order valence-electron chi connectivity index (χ3n) is 3.85. The van der Waals surface area contributed by atoms with E-state index >= 15 is 0 Å². The highest BCUT2D eigenvalue weighted by Gasteiger charge is 2.20. The van der Waals surface area contributed by atoms with E-state index in [2.05, 4.69) is 86.7 Å². The third-order valence-corrected chi connectivity index (χ3v) is 4.38. The van der Waals surface area contributed by atoms with Crippen LogP contribution in [0.4, 0.5) is 0 Å². The minimum atomic E-state index is -0.0122. The first-order valence-corrected chi connectivity index (χ1v) is 8.83. The van der Waals surface area contributed by atoms with Gasteiger partial charge in [-0.3, -0.25) is 4.68 Å².